The van der Waals surface area contributed by atoms with Crippen molar-refractivity contribution in [1.82, 2.24) is 5.32 Å². The van der Waals surface area contributed by atoms with Gasteiger partial charge in [0.05, 0.1) is 13.2 Å². The first-order valence-electron chi connectivity index (χ1n) is 5.93. The molecule has 1 aromatic rings. The van der Waals surface area contributed by atoms with Gasteiger partial charge in [0.2, 0.25) is 0 Å². The van der Waals surface area contributed by atoms with E-state index in [9.17, 15) is 0 Å². The first-order chi connectivity index (χ1) is 8.80. The Hall–Kier alpha value is -1.36. The maximum Gasteiger partial charge on any atom is 0.156 e. The standard InChI is InChI=1S/C13H20N2O2S/c1-4-16-11-5-7-12(8-6-11)17-9-10-18-13(14-2)15-3/h5-8H,4,9-10H2,1-3H3,(H,14,15). The van der Waals surface area contributed by atoms with Gasteiger partial charge >= 0.3 is 0 Å². The first-order valence-corrected chi connectivity index (χ1v) is 6.91. The zero-order valence-electron chi connectivity index (χ0n) is 11.1. The fraction of sp³-hybridized carbons (Fsp3) is 0.462. The van der Waals surface area contributed by atoms with Crippen LogP contribution in [0.25, 0.3) is 0 Å². The number of aliphatic imine (C=N–C) groups is 1. The molecule has 100 valence electrons. The Morgan fingerprint density at radius 1 is 1.22 bits per heavy atom. The van der Waals surface area contributed by atoms with Crippen molar-refractivity contribution in [3.63, 3.8) is 0 Å². The van der Waals surface area contributed by atoms with E-state index >= 15 is 0 Å². The smallest absolute Gasteiger partial charge is 0.156 e. The van der Waals surface area contributed by atoms with Crippen molar-refractivity contribution >= 4 is 16.9 Å². The molecule has 1 aromatic carbocycles. The van der Waals surface area contributed by atoms with Gasteiger partial charge in [0.15, 0.2) is 5.17 Å². The second kappa shape index (κ2) is 8.69. The summed E-state index contributed by atoms with van der Waals surface area (Å²) in [6, 6.07) is 7.67. The molecule has 0 heterocycles. The zero-order chi connectivity index (χ0) is 13.2. The second-order valence-corrected chi connectivity index (χ2v) is 4.46. The fourth-order valence-electron chi connectivity index (χ4n) is 1.35. The molecule has 18 heavy (non-hydrogen) atoms. The molecule has 0 amide bonds. The van der Waals surface area contributed by atoms with Crippen LogP contribution in [0.5, 0.6) is 11.5 Å². The van der Waals surface area contributed by atoms with Gasteiger partial charge in [-0.15, -0.1) is 0 Å². The lowest BCUT2D eigenvalue weighted by Crippen LogP contribution is -2.15. The third kappa shape index (κ3) is 5.31. The third-order valence-corrected chi connectivity index (χ3v) is 3.17. The average Bonchev–Trinajstić information content (AvgIpc) is 2.41. The van der Waals surface area contributed by atoms with Gasteiger partial charge in [-0.05, 0) is 31.2 Å². The van der Waals surface area contributed by atoms with Crippen LogP contribution in [0.1, 0.15) is 6.92 Å². The van der Waals surface area contributed by atoms with Gasteiger partial charge in [-0.3, -0.25) is 4.99 Å². The lowest BCUT2D eigenvalue weighted by molar-refractivity contribution is 0.332. The predicted octanol–water partition coefficient (Wildman–Crippen LogP) is 2.40. The van der Waals surface area contributed by atoms with Crippen LogP contribution in [-0.2, 0) is 0 Å². The van der Waals surface area contributed by atoms with E-state index in [0.29, 0.717) is 13.2 Å². The Morgan fingerprint density at radius 3 is 2.33 bits per heavy atom. The molecular formula is C13H20N2O2S. The van der Waals surface area contributed by atoms with Crippen LogP contribution < -0.4 is 14.8 Å². The largest absolute Gasteiger partial charge is 0.494 e. The molecule has 0 aromatic heterocycles. The van der Waals surface area contributed by atoms with E-state index in [1.165, 1.54) is 0 Å². The van der Waals surface area contributed by atoms with E-state index in [1.807, 2.05) is 38.2 Å². The maximum atomic E-state index is 5.62. The van der Waals surface area contributed by atoms with Gasteiger partial charge in [0, 0.05) is 19.8 Å². The number of thioether (sulfide) groups is 1. The lowest BCUT2D eigenvalue weighted by atomic mass is 10.3. The molecule has 0 atom stereocenters. The molecule has 1 rings (SSSR count). The summed E-state index contributed by atoms with van der Waals surface area (Å²) >= 11 is 1.64. The summed E-state index contributed by atoms with van der Waals surface area (Å²) in [5.74, 6) is 2.59. The quantitative estimate of drug-likeness (QED) is 0.489. The monoisotopic (exact) mass is 268 g/mol. The summed E-state index contributed by atoms with van der Waals surface area (Å²) in [7, 11) is 3.63. The van der Waals surface area contributed by atoms with Crippen molar-refractivity contribution in [1.29, 1.82) is 0 Å². The molecule has 0 aliphatic heterocycles. The number of ether oxygens (including phenoxy) is 2. The molecule has 5 heteroatoms. The van der Waals surface area contributed by atoms with Crippen LogP contribution in [0.3, 0.4) is 0 Å². The van der Waals surface area contributed by atoms with Crippen molar-refractivity contribution < 1.29 is 9.47 Å². The third-order valence-electron chi connectivity index (χ3n) is 2.14. The number of hydrogen-bond donors (Lipinski definition) is 1. The van der Waals surface area contributed by atoms with E-state index in [-0.39, 0.29) is 0 Å². The molecule has 1 N–H and O–H groups in total. The van der Waals surface area contributed by atoms with Gasteiger partial charge < -0.3 is 14.8 Å². The highest BCUT2D eigenvalue weighted by atomic mass is 32.2. The van der Waals surface area contributed by atoms with Gasteiger partial charge in [0.1, 0.15) is 11.5 Å². The van der Waals surface area contributed by atoms with E-state index in [1.54, 1.807) is 18.8 Å². The summed E-state index contributed by atoms with van der Waals surface area (Å²) in [6.07, 6.45) is 0. The van der Waals surface area contributed by atoms with Crippen molar-refractivity contribution in [2.45, 2.75) is 6.92 Å². The van der Waals surface area contributed by atoms with Crippen molar-refractivity contribution in [2.24, 2.45) is 4.99 Å². The molecule has 0 spiro atoms. The van der Waals surface area contributed by atoms with E-state index < -0.39 is 0 Å². The Morgan fingerprint density at radius 2 is 1.83 bits per heavy atom. The number of nitrogens with one attached hydrogen (secondary N) is 1. The number of rotatable bonds is 6. The van der Waals surface area contributed by atoms with Gasteiger partial charge in [0.25, 0.3) is 0 Å². The van der Waals surface area contributed by atoms with Gasteiger partial charge in [-0.2, -0.15) is 0 Å². The van der Waals surface area contributed by atoms with Crippen molar-refractivity contribution in [3.05, 3.63) is 24.3 Å². The first kappa shape index (κ1) is 14.7. The minimum Gasteiger partial charge on any atom is -0.494 e. The Balaban J connectivity index is 2.27. The zero-order valence-corrected chi connectivity index (χ0v) is 11.9. The highest BCUT2D eigenvalue weighted by Crippen LogP contribution is 2.17. The molecule has 0 aliphatic carbocycles. The summed E-state index contributed by atoms with van der Waals surface area (Å²) in [5, 5.41) is 3.93. The number of amidine groups is 1. The van der Waals surface area contributed by atoms with Gasteiger partial charge in [-0.25, -0.2) is 0 Å². The van der Waals surface area contributed by atoms with Crippen LogP contribution >= 0.6 is 11.8 Å². The number of hydrogen-bond acceptors (Lipinski definition) is 4. The fourth-order valence-corrected chi connectivity index (χ4v) is 1.98. The Kier molecular flexibility index (Phi) is 7.10. The average molecular weight is 268 g/mol. The molecule has 0 aliphatic rings. The van der Waals surface area contributed by atoms with Crippen molar-refractivity contribution in [2.75, 3.05) is 33.1 Å². The molecule has 0 bridgehead atoms. The van der Waals surface area contributed by atoms with Crippen LogP contribution in [0.2, 0.25) is 0 Å². The summed E-state index contributed by atoms with van der Waals surface area (Å²) in [4.78, 5) is 4.08. The molecule has 0 saturated heterocycles. The summed E-state index contributed by atoms with van der Waals surface area (Å²) in [6.45, 7) is 3.30. The molecule has 4 nitrogen and oxygen atoms in total. The summed E-state index contributed by atoms with van der Waals surface area (Å²) < 4.78 is 11.0. The van der Waals surface area contributed by atoms with Crippen molar-refractivity contribution in [3.8, 4) is 11.5 Å². The second-order valence-electron chi connectivity index (χ2n) is 3.38. The van der Waals surface area contributed by atoms with E-state index in [0.717, 1.165) is 22.4 Å². The molecule has 0 fully saturated rings. The number of nitrogens with zero attached hydrogens (tertiary/aromatic N) is 1. The highest BCUT2D eigenvalue weighted by Gasteiger charge is 1.98. The Labute approximate surface area is 113 Å². The minimum atomic E-state index is 0.652. The molecule has 0 saturated carbocycles. The summed E-state index contributed by atoms with van der Waals surface area (Å²) in [5.41, 5.74) is 0. The Bertz CT molecular complexity index is 366. The minimum absolute atomic E-state index is 0.652. The van der Waals surface area contributed by atoms with Crippen LogP contribution in [0.15, 0.2) is 29.3 Å². The van der Waals surface area contributed by atoms with E-state index in [4.69, 9.17) is 9.47 Å². The maximum absolute atomic E-state index is 5.62. The predicted molar refractivity (Wildman–Crippen MR) is 78.0 cm³/mol. The topological polar surface area (TPSA) is 42.9 Å². The van der Waals surface area contributed by atoms with Gasteiger partial charge in [-0.1, -0.05) is 11.8 Å². The van der Waals surface area contributed by atoms with Crippen LogP contribution in [0, 0.1) is 0 Å². The molecule has 0 radical (unpaired) electrons. The van der Waals surface area contributed by atoms with Crippen LogP contribution in [-0.4, -0.2) is 38.2 Å². The molecular weight excluding hydrogens is 248 g/mol. The molecule has 0 unspecified atom stereocenters. The highest BCUT2D eigenvalue weighted by molar-refractivity contribution is 8.13. The van der Waals surface area contributed by atoms with E-state index in [2.05, 4.69) is 10.3 Å². The lowest BCUT2D eigenvalue weighted by Gasteiger charge is -2.08. The SMILES string of the molecule is CCOc1ccc(OCCSC(=NC)NC)cc1. The number of benzene rings is 1. The normalized spacial score (nSPS) is 11.2. The van der Waals surface area contributed by atoms with Crippen LogP contribution in [0.4, 0.5) is 0 Å².